The van der Waals surface area contributed by atoms with Crippen LogP contribution in [0.5, 0.6) is 5.75 Å². The summed E-state index contributed by atoms with van der Waals surface area (Å²) in [5.41, 5.74) is 1.02. The van der Waals surface area contributed by atoms with Crippen molar-refractivity contribution in [2.75, 3.05) is 39.3 Å². The Balaban J connectivity index is 1.43. The van der Waals surface area contributed by atoms with Gasteiger partial charge in [-0.15, -0.1) is 11.3 Å². The molecule has 5 nitrogen and oxygen atoms in total. The average Bonchev–Trinajstić information content (AvgIpc) is 3.16. The number of para-hydroxylation sites is 1. The molecule has 3 rings (SSSR count). The number of thiophene rings is 1. The molecule has 1 aromatic heterocycles. The Bertz CT molecular complexity index is 722. The van der Waals surface area contributed by atoms with Gasteiger partial charge < -0.3 is 9.64 Å². The number of piperazine rings is 1. The van der Waals surface area contributed by atoms with E-state index in [2.05, 4.69) is 4.90 Å². The highest BCUT2D eigenvalue weighted by Crippen LogP contribution is 2.16. The first-order valence-corrected chi connectivity index (χ1v) is 9.27. The number of nitrogens with zero attached hydrogens (tertiary/aromatic N) is 2. The fourth-order valence-corrected chi connectivity index (χ4v) is 3.48. The third kappa shape index (κ3) is 4.67. The van der Waals surface area contributed by atoms with E-state index in [1.165, 1.54) is 11.3 Å². The summed E-state index contributed by atoms with van der Waals surface area (Å²) in [6.45, 7) is 5.13. The van der Waals surface area contributed by atoms with E-state index >= 15 is 0 Å². The van der Waals surface area contributed by atoms with E-state index in [0.717, 1.165) is 16.2 Å². The van der Waals surface area contributed by atoms with E-state index in [4.69, 9.17) is 4.74 Å². The molecule has 2 heterocycles. The quantitative estimate of drug-likeness (QED) is 0.745. The van der Waals surface area contributed by atoms with Gasteiger partial charge in [0.05, 0.1) is 11.4 Å². The lowest BCUT2D eigenvalue weighted by Gasteiger charge is -2.34. The number of aryl methyl sites for hydroxylation is 1. The van der Waals surface area contributed by atoms with Gasteiger partial charge in [-0.05, 0) is 30.0 Å². The smallest absolute Gasteiger partial charge is 0.260 e. The van der Waals surface area contributed by atoms with Crippen molar-refractivity contribution < 1.29 is 14.3 Å². The van der Waals surface area contributed by atoms with Crippen molar-refractivity contribution in [3.63, 3.8) is 0 Å². The number of ketones is 1. The lowest BCUT2D eigenvalue weighted by molar-refractivity contribution is -0.135. The summed E-state index contributed by atoms with van der Waals surface area (Å²) in [4.78, 5) is 29.2. The summed E-state index contributed by atoms with van der Waals surface area (Å²) >= 11 is 1.47. The molecule has 25 heavy (non-hydrogen) atoms. The zero-order chi connectivity index (χ0) is 17.6. The van der Waals surface area contributed by atoms with Crippen LogP contribution in [-0.4, -0.2) is 60.8 Å². The summed E-state index contributed by atoms with van der Waals surface area (Å²) in [5, 5.41) is 1.91. The molecule has 1 saturated heterocycles. The minimum atomic E-state index is -0.00696. The number of hydrogen-bond donors (Lipinski definition) is 0. The molecular weight excluding hydrogens is 336 g/mol. The molecule has 0 aliphatic carbocycles. The average molecular weight is 358 g/mol. The first-order valence-electron chi connectivity index (χ1n) is 8.39. The van der Waals surface area contributed by atoms with Gasteiger partial charge >= 0.3 is 0 Å². The number of benzene rings is 1. The van der Waals surface area contributed by atoms with E-state index in [-0.39, 0.29) is 18.3 Å². The molecule has 0 radical (unpaired) electrons. The van der Waals surface area contributed by atoms with Gasteiger partial charge in [0.2, 0.25) is 0 Å². The predicted octanol–water partition coefficient (Wildman–Crippen LogP) is 2.46. The first-order chi connectivity index (χ1) is 12.1. The Hall–Kier alpha value is -2.18. The highest BCUT2D eigenvalue weighted by molar-refractivity contribution is 7.12. The van der Waals surface area contributed by atoms with Gasteiger partial charge in [-0.3, -0.25) is 14.5 Å². The number of Topliss-reactive ketones (excluding diaryl/α,β-unsaturated/α-hetero) is 1. The normalized spacial score (nSPS) is 15.2. The molecule has 1 fully saturated rings. The SMILES string of the molecule is Cc1ccccc1OCC(=O)N1CCN(CC(=O)c2cccs2)CC1. The summed E-state index contributed by atoms with van der Waals surface area (Å²) in [6.07, 6.45) is 0. The van der Waals surface area contributed by atoms with Crippen molar-refractivity contribution in [3.8, 4) is 5.75 Å². The largest absolute Gasteiger partial charge is 0.484 e. The Labute approximate surface area is 151 Å². The van der Waals surface area contributed by atoms with E-state index in [0.29, 0.717) is 32.7 Å². The van der Waals surface area contributed by atoms with Crippen LogP contribution in [0.2, 0.25) is 0 Å². The lowest BCUT2D eigenvalue weighted by atomic mass is 10.2. The molecule has 0 bridgehead atoms. The van der Waals surface area contributed by atoms with E-state index in [1.807, 2.05) is 53.6 Å². The summed E-state index contributed by atoms with van der Waals surface area (Å²) in [7, 11) is 0. The topological polar surface area (TPSA) is 49.9 Å². The second-order valence-electron chi connectivity index (χ2n) is 6.11. The lowest BCUT2D eigenvalue weighted by Crippen LogP contribution is -2.51. The van der Waals surface area contributed by atoms with Gasteiger partial charge in [0.15, 0.2) is 12.4 Å². The zero-order valence-electron chi connectivity index (χ0n) is 14.3. The van der Waals surface area contributed by atoms with Gasteiger partial charge in [0.25, 0.3) is 5.91 Å². The fourth-order valence-electron chi connectivity index (χ4n) is 2.82. The second kappa shape index (κ2) is 8.27. The van der Waals surface area contributed by atoms with Gasteiger partial charge in [0, 0.05) is 26.2 Å². The van der Waals surface area contributed by atoms with Crippen molar-refractivity contribution in [2.24, 2.45) is 0 Å². The summed E-state index contributed by atoms with van der Waals surface area (Å²) < 4.78 is 5.63. The molecule has 1 aromatic carbocycles. The van der Waals surface area contributed by atoms with Crippen LogP contribution in [-0.2, 0) is 4.79 Å². The molecule has 2 aromatic rings. The molecule has 1 aliphatic heterocycles. The Kier molecular flexibility index (Phi) is 5.83. The fraction of sp³-hybridized carbons (Fsp3) is 0.368. The van der Waals surface area contributed by atoms with Crippen LogP contribution >= 0.6 is 11.3 Å². The first kappa shape index (κ1) is 17.6. The van der Waals surface area contributed by atoms with Crippen molar-refractivity contribution in [1.29, 1.82) is 0 Å². The highest BCUT2D eigenvalue weighted by atomic mass is 32.1. The Morgan fingerprint density at radius 2 is 1.84 bits per heavy atom. The maximum Gasteiger partial charge on any atom is 0.260 e. The van der Waals surface area contributed by atoms with Crippen LogP contribution in [0.1, 0.15) is 15.2 Å². The van der Waals surface area contributed by atoms with Crippen molar-refractivity contribution in [1.82, 2.24) is 9.80 Å². The van der Waals surface area contributed by atoms with Crippen molar-refractivity contribution in [2.45, 2.75) is 6.92 Å². The molecule has 1 amide bonds. The Morgan fingerprint density at radius 3 is 2.52 bits per heavy atom. The molecule has 1 aliphatic rings. The number of ether oxygens (including phenoxy) is 1. The summed E-state index contributed by atoms with van der Waals surface area (Å²) in [6, 6.07) is 11.4. The molecule has 0 N–H and O–H groups in total. The molecule has 0 spiro atoms. The van der Waals surface area contributed by atoms with Gasteiger partial charge in [-0.2, -0.15) is 0 Å². The monoisotopic (exact) mass is 358 g/mol. The van der Waals surface area contributed by atoms with Crippen LogP contribution < -0.4 is 4.74 Å². The van der Waals surface area contributed by atoms with Gasteiger partial charge in [-0.25, -0.2) is 0 Å². The Morgan fingerprint density at radius 1 is 1.08 bits per heavy atom. The maximum absolute atomic E-state index is 12.3. The third-order valence-electron chi connectivity index (χ3n) is 4.33. The van der Waals surface area contributed by atoms with Crippen LogP contribution in [0.15, 0.2) is 41.8 Å². The zero-order valence-corrected chi connectivity index (χ0v) is 15.1. The molecule has 0 saturated carbocycles. The van der Waals surface area contributed by atoms with Crippen molar-refractivity contribution >= 4 is 23.0 Å². The van der Waals surface area contributed by atoms with Gasteiger partial charge in [0.1, 0.15) is 5.75 Å². The van der Waals surface area contributed by atoms with Crippen LogP contribution in [0.4, 0.5) is 0 Å². The van der Waals surface area contributed by atoms with Crippen LogP contribution in [0, 0.1) is 6.92 Å². The number of amides is 1. The molecule has 132 valence electrons. The molecular formula is C19H22N2O3S. The minimum Gasteiger partial charge on any atom is -0.484 e. The van der Waals surface area contributed by atoms with Crippen LogP contribution in [0.25, 0.3) is 0 Å². The predicted molar refractivity (Wildman–Crippen MR) is 98.3 cm³/mol. The third-order valence-corrected chi connectivity index (χ3v) is 5.24. The molecule has 0 unspecified atom stereocenters. The standard InChI is InChI=1S/C19H22N2O3S/c1-15-5-2-3-6-17(15)24-14-19(23)21-10-8-20(9-11-21)13-16(22)18-7-4-12-25-18/h2-7,12H,8-11,13-14H2,1H3. The highest BCUT2D eigenvalue weighted by Gasteiger charge is 2.23. The van der Waals surface area contributed by atoms with E-state index in [1.54, 1.807) is 0 Å². The molecule has 6 heteroatoms. The van der Waals surface area contributed by atoms with Crippen molar-refractivity contribution in [3.05, 3.63) is 52.2 Å². The van der Waals surface area contributed by atoms with Crippen LogP contribution in [0.3, 0.4) is 0 Å². The second-order valence-corrected chi connectivity index (χ2v) is 7.06. The molecule has 0 atom stereocenters. The number of hydrogen-bond acceptors (Lipinski definition) is 5. The van der Waals surface area contributed by atoms with Gasteiger partial charge in [-0.1, -0.05) is 24.3 Å². The minimum absolute atomic E-state index is 0.00696. The number of rotatable bonds is 6. The van der Waals surface area contributed by atoms with E-state index < -0.39 is 0 Å². The van der Waals surface area contributed by atoms with E-state index in [9.17, 15) is 9.59 Å². The summed E-state index contributed by atoms with van der Waals surface area (Å²) in [5.74, 6) is 0.890. The maximum atomic E-state index is 12.3. The number of carbonyl (C=O) groups is 2. The number of carbonyl (C=O) groups excluding carboxylic acids is 2.